The van der Waals surface area contributed by atoms with Crippen LogP contribution in [-0.2, 0) is 13.0 Å². The van der Waals surface area contributed by atoms with Gasteiger partial charge in [-0.05, 0) is 37.3 Å². The van der Waals surface area contributed by atoms with Crippen molar-refractivity contribution >= 4 is 17.6 Å². The molecular formula is C11H18N4S. The van der Waals surface area contributed by atoms with Gasteiger partial charge in [-0.15, -0.1) is 0 Å². The lowest BCUT2D eigenvalue weighted by Gasteiger charge is -2.22. The number of nitrogen functional groups attached to an aromatic ring is 1. The number of thioether (sulfide) groups is 1. The first-order valence-electron chi connectivity index (χ1n) is 6.00. The van der Waals surface area contributed by atoms with Crippen LogP contribution in [0, 0.1) is 0 Å². The second-order valence-corrected chi connectivity index (χ2v) is 5.75. The molecule has 5 heteroatoms. The lowest BCUT2D eigenvalue weighted by atomic mass is 10.1. The normalized spacial score (nSPS) is 22.0. The van der Waals surface area contributed by atoms with Crippen LogP contribution in [0.25, 0.3) is 0 Å². The predicted molar refractivity (Wildman–Crippen MR) is 67.6 cm³/mol. The summed E-state index contributed by atoms with van der Waals surface area (Å²) in [7, 11) is 0. The van der Waals surface area contributed by atoms with Gasteiger partial charge < -0.3 is 11.1 Å². The maximum absolute atomic E-state index is 6.22. The third-order valence-corrected chi connectivity index (χ3v) is 4.56. The molecular weight excluding hydrogens is 220 g/mol. The Bertz CT molecular complexity index is 382. The van der Waals surface area contributed by atoms with E-state index in [1.165, 1.54) is 35.6 Å². The van der Waals surface area contributed by atoms with Crippen molar-refractivity contribution in [1.82, 2.24) is 15.1 Å². The lowest BCUT2D eigenvalue weighted by Crippen LogP contribution is -2.23. The Kier molecular flexibility index (Phi) is 2.81. The van der Waals surface area contributed by atoms with E-state index < -0.39 is 0 Å². The Morgan fingerprint density at radius 3 is 2.94 bits per heavy atom. The molecule has 2 aliphatic rings. The molecule has 3 N–H and O–H groups in total. The summed E-state index contributed by atoms with van der Waals surface area (Å²) >= 11 is 2.04. The van der Waals surface area contributed by atoms with Crippen LogP contribution in [0.4, 0.5) is 5.82 Å². The number of nitrogens with two attached hydrogens (primary N) is 1. The van der Waals surface area contributed by atoms with Crippen molar-refractivity contribution in [3.63, 3.8) is 0 Å². The zero-order valence-corrected chi connectivity index (χ0v) is 10.2. The van der Waals surface area contributed by atoms with Gasteiger partial charge in [-0.2, -0.15) is 16.9 Å². The number of aromatic nitrogens is 2. The highest BCUT2D eigenvalue weighted by molar-refractivity contribution is 7.99. The van der Waals surface area contributed by atoms with E-state index in [2.05, 4.69) is 10.00 Å². The summed E-state index contributed by atoms with van der Waals surface area (Å²) in [5.74, 6) is 3.41. The molecule has 0 aliphatic carbocycles. The number of rotatable bonds is 1. The van der Waals surface area contributed by atoms with Crippen molar-refractivity contribution < 1.29 is 0 Å². The average Bonchev–Trinajstić information content (AvgIpc) is 2.69. The minimum Gasteiger partial charge on any atom is -0.384 e. The summed E-state index contributed by atoms with van der Waals surface area (Å²) in [6, 6.07) is 0.534. The van der Waals surface area contributed by atoms with Crippen LogP contribution in [0.1, 0.15) is 30.1 Å². The molecule has 1 saturated heterocycles. The van der Waals surface area contributed by atoms with E-state index in [4.69, 9.17) is 10.8 Å². The highest BCUT2D eigenvalue weighted by Gasteiger charge is 2.24. The minimum absolute atomic E-state index is 0.534. The van der Waals surface area contributed by atoms with Crippen molar-refractivity contribution in [2.75, 3.05) is 23.8 Å². The molecule has 0 aromatic carbocycles. The molecule has 0 amide bonds. The Balaban J connectivity index is 1.91. The van der Waals surface area contributed by atoms with Crippen LogP contribution in [-0.4, -0.2) is 27.8 Å². The molecule has 0 saturated carbocycles. The molecule has 1 fully saturated rings. The fraction of sp³-hybridized carbons (Fsp3) is 0.727. The van der Waals surface area contributed by atoms with E-state index in [1.807, 2.05) is 11.8 Å². The monoisotopic (exact) mass is 238 g/mol. The molecule has 3 heterocycles. The van der Waals surface area contributed by atoms with E-state index in [1.54, 1.807) is 0 Å². The number of anilines is 1. The maximum Gasteiger partial charge on any atom is 0.125 e. The zero-order chi connectivity index (χ0) is 11.0. The first kappa shape index (κ1) is 10.5. The van der Waals surface area contributed by atoms with Gasteiger partial charge in [0.15, 0.2) is 0 Å². The molecule has 16 heavy (non-hydrogen) atoms. The van der Waals surface area contributed by atoms with Gasteiger partial charge in [-0.25, -0.2) is 4.68 Å². The predicted octanol–water partition coefficient (Wildman–Crippen LogP) is 1.18. The Labute approximate surface area is 100.0 Å². The van der Waals surface area contributed by atoms with E-state index in [9.17, 15) is 0 Å². The van der Waals surface area contributed by atoms with Crippen molar-refractivity contribution in [2.24, 2.45) is 0 Å². The first-order valence-corrected chi connectivity index (χ1v) is 7.16. The fourth-order valence-corrected chi connectivity index (χ4v) is 3.65. The number of hydrogen-bond donors (Lipinski definition) is 2. The maximum atomic E-state index is 6.22. The van der Waals surface area contributed by atoms with Crippen LogP contribution in [0.15, 0.2) is 0 Å². The molecule has 88 valence electrons. The quantitative estimate of drug-likeness (QED) is 0.771. The molecule has 0 radical (unpaired) electrons. The average molecular weight is 238 g/mol. The van der Waals surface area contributed by atoms with E-state index in [0.29, 0.717) is 6.04 Å². The van der Waals surface area contributed by atoms with Crippen LogP contribution >= 0.6 is 11.8 Å². The molecule has 1 aromatic rings. The van der Waals surface area contributed by atoms with Crippen molar-refractivity contribution in [3.05, 3.63) is 11.3 Å². The Morgan fingerprint density at radius 2 is 2.19 bits per heavy atom. The van der Waals surface area contributed by atoms with Crippen LogP contribution in [0.2, 0.25) is 0 Å². The molecule has 2 aliphatic heterocycles. The van der Waals surface area contributed by atoms with Crippen LogP contribution in [0.5, 0.6) is 0 Å². The second-order valence-electron chi connectivity index (χ2n) is 4.53. The highest BCUT2D eigenvalue weighted by Crippen LogP contribution is 2.31. The van der Waals surface area contributed by atoms with E-state index in [0.717, 1.165) is 25.3 Å². The summed E-state index contributed by atoms with van der Waals surface area (Å²) < 4.78 is 2.09. The molecule has 4 nitrogen and oxygen atoms in total. The zero-order valence-electron chi connectivity index (χ0n) is 9.41. The third kappa shape index (κ3) is 1.72. The Morgan fingerprint density at radius 1 is 1.38 bits per heavy atom. The SMILES string of the molecule is Nc1c2c(nn1C1CCSCC1)CNCC2. The second kappa shape index (κ2) is 4.30. The smallest absolute Gasteiger partial charge is 0.125 e. The van der Waals surface area contributed by atoms with E-state index >= 15 is 0 Å². The fourth-order valence-electron chi connectivity index (χ4n) is 2.57. The van der Waals surface area contributed by atoms with Crippen molar-refractivity contribution in [2.45, 2.75) is 31.8 Å². The molecule has 0 bridgehead atoms. The summed E-state index contributed by atoms with van der Waals surface area (Å²) in [6.07, 6.45) is 3.45. The first-order chi connectivity index (χ1) is 7.86. The van der Waals surface area contributed by atoms with Gasteiger partial charge in [0.1, 0.15) is 5.82 Å². The number of fused-ring (bicyclic) bond motifs is 1. The summed E-state index contributed by atoms with van der Waals surface area (Å²) in [5.41, 5.74) is 8.68. The standard InChI is InChI=1S/C11H18N4S/c12-11-9-1-4-13-7-10(9)14-15(11)8-2-5-16-6-3-8/h8,13H,1-7,12H2. The third-order valence-electron chi connectivity index (χ3n) is 3.51. The van der Waals surface area contributed by atoms with Gasteiger partial charge in [0, 0.05) is 12.1 Å². The van der Waals surface area contributed by atoms with Gasteiger partial charge in [0.05, 0.1) is 11.7 Å². The largest absolute Gasteiger partial charge is 0.384 e. The summed E-state index contributed by atoms with van der Waals surface area (Å²) in [4.78, 5) is 0. The number of nitrogens with one attached hydrogen (secondary N) is 1. The van der Waals surface area contributed by atoms with Gasteiger partial charge in [0.25, 0.3) is 0 Å². The van der Waals surface area contributed by atoms with Gasteiger partial charge >= 0.3 is 0 Å². The Hall–Kier alpha value is -0.680. The van der Waals surface area contributed by atoms with Crippen molar-refractivity contribution in [3.8, 4) is 0 Å². The minimum atomic E-state index is 0.534. The van der Waals surface area contributed by atoms with Gasteiger partial charge in [-0.3, -0.25) is 0 Å². The van der Waals surface area contributed by atoms with Gasteiger partial charge in [-0.1, -0.05) is 0 Å². The lowest BCUT2D eigenvalue weighted by molar-refractivity contribution is 0.428. The molecule has 0 atom stereocenters. The topological polar surface area (TPSA) is 55.9 Å². The van der Waals surface area contributed by atoms with Gasteiger partial charge in [0.2, 0.25) is 0 Å². The number of hydrogen-bond acceptors (Lipinski definition) is 4. The van der Waals surface area contributed by atoms with Crippen LogP contribution in [0.3, 0.4) is 0 Å². The molecule has 0 spiro atoms. The molecule has 0 unspecified atom stereocenters. The van der Waals surface area contributed by atoms with Crippen LogP contribution < -0.4 is 11.1 Å². The summed E-state index contributed by atoms with van der Waals surface area (Å²) in [5, 5.41) is 8.04. The highest BCUT2D eigenvalue weighted by atomic mass is 32.2. The molecule has 3 rings (SSSR count). The van der Waals surface area contributed by atoms with E-state index in [-0.39, 0.29) is 0 Å². The number of nitrogens with zero attached hydrogens (tertiary/aromatic N) is 2. The molecule has 1 aromatic heterocycles. The summed E-state index contributed by atoms with van der Waals surface area (Å²) in [6.45, 7) is 1.91. The van der Waals surface area contributed by atoms with Crippen molar-refractivity contribution in [1.29, 1.82) is 0 Å².